The first-order valence-corrected chi connectivity index (χ1v) is 11.0. The van der Waals surface area contributed by atoms with Crippen LogP contribution < -0.4 is 5.32 Å². The van der Waals surface area contributed by atoms with Crippen LogP contribution in [0.1, 0.15) is 43.5 Å². The van der Waals surface area contributed by atoms with Gasteiger partial charge in [-0.1, -0.05) is 54.6 Å². The van der Waals surface area contributed by atoms with Crippen LogP contribution in [0.15, 0.2) is 67.3 Å². The first kappa shape index (κ1) is 24.0. The lowest BCUT2D eigenvalue weighted by molar-refractivity contribution is -0.158. The van der Waals surface area contributed by atoms with E-state index >= 15 is 0 Å². The number of rotatable bonds is 10. The number of ether oxygens (including phenoxy) is 2. The van der Waals surface area contributed by atoms with Gasteiger partial charge in [0.05, 0.1) is 18.7 Å². The fourth-order valence-corrected chi connectivity index (χ4v) is 3.29. The van der Waals surface area contributed by atoms with Crippen LogP contribution in [0.3, 0.4) is 0 Å². The minimum atomic E-state index is -1.14. The van der Waals surface area contributed by atoms with E-state index in [0.29, 0.717) is 0 Å². The molecule has 0 radical (unpaired) electrons. The SMILES string of the molecule is CC(C)OC(=O)C(Cn1cncn1)OC(=O)N[C@@H](C)c1ccc(CCc2ccccc2)cc1. The molecule has 0 fully saturated rings. The van der Waals surface area contributed by atoms with E-state index in [4.69, 9.17) is 9.47 Å². The molecule has 8 heteroatoms. The minimum Gasteiger partial charge on any atom is -0.460 e. The van der Waals surface area contributed by atoms with Gasteiger partial charge in [0.15, 0.2) is 0 Å². The van der Waals surface area contributed by atoms with Gasteiger partial charge in [-0.3, -0.25) is 0 Å². The molecule has 1 unspecified atom stereocenters. The maximum absolute atomic E-state index is 12.5. The zero-order chi connectivity index (χ0) is 23.6. The van der Waals surface area contributed by atoms with Crippen molar-refractivity contribution in [1.82, 2.24) is 20.1 Å². The highest BCUT2D eigenvalue weighted by Crippen LogP contribution is 2.16. The fourth-order valence-electron chi connectivity index (χ4n) is 3.29. The molecule has 1 heterocycles. The number of amides is 1. The van der Waals surface area contributed by atoms with Crippen LogP contribution >= 0.6 is 0 Å². The van der Waals surface area contributed by atoms with Crippen molar-refractivity contribution in [1.29, 1.82) is 0 Å². The number of hydrogen-bond donors (Lipinski definition) is 1. The number of aromatic nitrogens is 3. The summed E-state index contributed by atoms with van der Waals surface area (Å²) in [6.07, 6.45) is 2.52. The molecule has 0 saturated heterocycles. The highest BCUT2D eigenvalue weighted by atomic mass is 16.6. The third-order valence-electron chi connectivity index (χ3n) is 5.04. The molecule has 1 aromatic heterocycles. The number of hydrogen-bond acceptors (Lipinski definition) is 6. The lowest BCUT2D eigenvalue weighted by Crippen LogP contribution is -2.38. The molecule has 8 nitrogen and oxygen atoms in total. The van der Waals surface area contributed by atoms with Gasteiger partial charge < -0.3 is 14.8 Å². The second-order valence-electron chi connectivity index (χ2n) is 8.09. The number of benzene rings is 2. The Bertz CT molecular complexity index is 1000. The molecule has 0 spiro atoms. The van der Waals surface area contributed by atoms with Crippen LogP contribution in [0.2, 0.25) is 0 Å². The number of aryl methyl sites for hydroxylation is 2. The number of carbonyl (C=O) groups excluding carboxylic acids is 2. The van der Waals surface area contributed by atoms with Crippen molar-refractivity contribution in [2.45, 2.75) is 58.4 Å². The van der Waals surface area contributed by atoms with E-state index in [0.717, 1.165) is 18.4 Å². The third-order valence-corrected chi connectivity index (χ3v) is 5.04. The predicted molar refractivity (Wildman–Crippen MR) is 123 cm³/mol. The van der Waals surface area contributed by atoms with Crippen LogP contribution in [0.25, 0.3) is 0 Å². The van der Waals surface area contributed by atoms with Crippen molar-refractivity contribution in [3.05, 3.63) is 83.9 Å². The lowest BCUT2D eigenvalue weighted by Gasteiger charge is -2.20. The van der Waals surface area contributed by atoms with Gasteiger partial charge in [0.2, 0.25) is 6.10 Å². The van der Waals surface area contributed by atoms with Gasteiger partial charge in [0.25, 0.3) is 0 Å². The smallest absolute Gasteiger partial charge is 0.408 e. The van der Waals surface area contributed by atoms with E-state index in [2.05, 4.69) is 39.7 Å². The highest BCUT2D eigenvalue weighted by molar-refractivity contribution is 5.79. The number of nitrogens with zero attached hydrogens (tertiary/aromatic N) is 3. The molecule has 0 bridgehead atoms. The van der Waals surface area contributed by atoms with Crippen LogP contribution in [0, 0.1) is 0 Å². The molecular formula is C25H30N4O4. The van der Waals surface area contributed by atoms with Gasteiger partial charge in [0, 0.05) is 0 Å². The Balaban J connectivity index is 1.54. The van der Waals surface area contributed by atoms with Crippen molar-refractivity contribution >= 4 is 12.1 Å². The number of nitrogens with one attached hydrogen (secondary N) is 1. The maximum Gasteiger partial charge on any atom is 0.408 e. The van der Waals surface area contributed by atoms with Crippen LogP contribution in [0.5, 0.6) is 0 Å². The second kappa shape index (κ2) is 11.8. The molecule has 3 rings (SSSR count). The van der Waals surface area contributed by atoms with E-state index in [1.54, 1.807) is 13.8 Å². The molecule has 0 saturated carbocycles. The molecule has 1 N–H and O–H groups in total. The van der Waals surface area contributed by atoms with Crippen molar-refractivity contribution in [2.75, 3.05) is 0 Å². The Morgan fingerprint density at radius 3 is 2.21 bits per heavy atom. The summed E-state index contributed by atoms with van der Waals surface area (Å²) >= 11 is 0. The van der Waals surface area contributed by atoms with Crippen LogP contribution in [-0.4, -0.2) is 39.0 Å². The molecule has 33 heavy (non-hydrogen) atoms. The summed E-state index contributed by atoms with van der Waals surface area (Å²) in [5, 5.41) is 6.74. The molecule has 0 aliphatic heterocycles. The summed E-state index contributed by atoms with van der Waals surface area (Å²) in [6, 6.07) is 18.2. The molecule has 3 aromatic rings. The Labute approximate surface area is 193 Å². The molecule has 1 amide bonds. The molecule has 174 valence electrons. The topological polar surface area (TPSA) is 95.3 Å². The number of alkyl carbamates (subject to hydrolysis) is 1. The van der Waals surface area contributed by atoms with E-state index < -0.39 is 18.2 Å². The molecular weight excluding hydrogens is 420 g/mol. The first-order chi connectivity index (χ1) is 15.9. The number of carbonyl (C=O) groups is 2. The van der Waals surface area contributed by atoms with Crippen LogP contribution in [-0.2, 0) is 33.7 Å². The molecule has 2 atom stereocenters. The van der Waals surface area contributed by atoms with Gasteiger partial charge in [-0.2, -0.15) is 5.10 Å². The van der Waals surface area contributed by atoms with Gasteiger partial charge in [0.1, 0.15) is 12.7 Å². The molecule has 0 aliphatic rings. The van der Waals surface area contributed by atoms with E-state index in [9.17, 15) is 9.59 Å². The standard InChI is InChI=1S/C25H30N4O4/c1-18(2)32-24(30)23(15-29-17-26-16-27-29)33-25(31)28-19(3)22-13-11-21(12-14-22)10-9-20-7-5-4-6-8-20/h4-8,11-14,16-19,23H,9-10,15H2,1-3H3,(H,28,31)/t19-,23?/m0/s1. The van der Waals surface area contributed by atoms with Gasteiger partial charge in [-0.15, -0.1) is 0 Å². The Kier molecular flexibility index (Phi) is 8.57. The Morgan fingerprint density at radius 2 is 1.61 bits per heavy atom. The fraction of sp³-hybridized carbons (Fsp3) is 0.360. The van der Waals surface area contributed by atoms with Crippen LogP contribution in [0.4, 0.5) is 4.79 Å². The third kappa shape index (κ3) is 7.75. The lowest BCUT2D eigenvalue weighted by atomic mass is 10.0. The van der Waals surface area contributed by atoms with Gasteiger partial charge >= 0.3 is 12.1 Å². The van der Waals surface area contributed by atoms with Crippen molar-refractivity contribution in [3.8, 4) is 0 Å². The summed E-state index contributed by atoms with van der Waals surface area (Å²) in [5.74, 6) is -0.633. The largest absolute Gasteiger partial charge is 0.460 e. The summed E-state index contributed by atoms with van der Waals surface area (Å²) in [7, 11) is 0. The van der Waals surface area contributed by atoms with Gasteiger partial charge in [-0.25, -0.2) is 19.3 Å². The number of esters is 1. The van der Waals surface area contributed by atoms with E-state index in [1.807, 2.05) is 37.3 Å². The molecule has 2 aromatic carbocycles. The average Bonchev–Trinajstić information content (AvgIpc) is 3.31. The maximum atomic E-state index is 12.5. The first-order valence-electron chi connectivity index (χ1n) is 11.0. The zero-order valence-corrected chi connectivity index (χ0v) is 19.2. The highest BCUT2D eigenvalue weighted by Gasteiger charge is 2.27. The summed E-state index contributed by atoms with van der Waals surface area (Å²) in [4.78, 5) is 28.7. The van der Waals surface area contributed by atoms with E-state index in [-0.39, 0.29) is 18.7 Å². The summed E-state index contributed by atoms with van der Waals surface area (Å²) in [6.45, 7) is 5.34. The summed E-state index contributed by atoms with van der Waals surface area (Å²) in [5.41, 5.74) is 3.46. The van der Waals surface area contributed by atoms with Crippen molar-refractivity contribution in [2.24, 2.45) is 0 Å². The quantitative estimate of drug-likeness (QED) is 0.471. The average molecular weight is 451 g/mol. The van der Waals surface area contributed by atoms with Gasteiger partial charge in [-0.05, 0) is 50.3 Å². The van der Waals surface area contributed by atoms with E-state index in [1.165, 1.54) is 28.5 Å². The van der Waals surface area contributed by atoms with Crippen molar-refractivity contribution in [3.63, 3.8) is 0 Å². The Hall–Kier alpha value is -3.68. The van der Waals surface area contributed by atoms with Crippen molar-refractivity contribution < 1.29 is 19.1 Å². The molecule has 0 aliphatic carbocycles. The zero-order valence-electron chi connectivity index (χ0n) is 19.2. The summed E-state index contributed by atoms with van der Waals surface area (Å²) < 4.78 is 12.0. The monoisotopic (exact) mass is 450 g/mol. The second-order valence-corrected chi connectivity index (χ2v) is 8.09. The minimum absolute atomic E-state index is 0.0173. The predicted octanol–water partition coefficient (Wildman–Crippen LogP) is 3.87. The normalized spacial score (nSPS) is 12.7. The Morgan fingerprint density at radius 1 is 0.939 bits per heavy atom.